The van der Waals surface area contributed by atoms with Crippen LogP contribution in [0.25, 0.3) is 0 Å². The second kappa shape index (κ2) is 9.71. The first kappa shape index (κ1) is 20.4. The molecule has 142 valence electrons. The molecule has 2 heterocycles. The lowest BCUT2D eigenvalue weighted by Gasteiger charge is -2.18. The molecule has 0 saturated carbocycles. The molecule has 26 heavy (non-hydrogen) atoms. The van der Waals surface area contributed by atoms with Gasteiger partial charge in [0.2, 0.25) is 5.91 Å². The molecule has 1 aliphatic heterocycles. The van der Waals surface area contributed by atoms with E-state index >= 15 is 0 Å². The van der Waals surface area contributed by atoms with Crippen molar-refractivity contribution in [1.82, 2.24) is 20.4 Å². The summed E-state index contributed by atoms with van der Waals surface area (Å²) in [5.74, 6) is 0.195. The first-order valence-corrected chi connectivity index (χ1v) is 8.80. The number of rotatable bonds is 7. The lowest BCUT2D eigenvalue weighted by atomic mass is 9.90. The second-order valence-electron chi connectivity index (χ2n) is 6.44. The van der Waals surface area contributed by atoms with Crippen LogP contribution in [-0.4, -0.2) is 35.4 Å². The number of carbonyl (C=O) groups is 1. The number of aryl methyl sites for hydroxylation is 1. The number of hydrogen-bond acceptors (Lipinski definition) is 4. The van der Waals surface area contributed by atoms with Gasteiger partial charge in [-0.3, -0.25) is 9.48 Å². The standard InChI is InChI=1S/C19H26N4O2.ClH/c1-3-25-13-15-7-5-4-6-14(15)8-21-19(24)18-11-20-10-17(18)16-9-22-23(2)12-16;/h4-7,9,12,17-18,20H,3,8,10-11,13H2,1-2H3,(H,21,24);1H/t17-,18+;/m1./s1. The minimum atomic E-state index is -0.0664. The van der Waals surface area contributed by atoms with E-state index in [9.17, 15) is 4.79 Å². The van der Waals surface area contributed by atoms with Crippen LogP contribution in [0.3, 0.4) is 0 Å². The normalized spacial score (nSPS) is 19.2. The van der Waals surface area contributed by atoms with Gasteiger partial charge in [-0.05, 0) is 23.6 Å². The van der Waals surface area contributed by atoms with Crippen molar-refractivity contribution in [2.75, 3.05) is 19.7 Å². The SMILES string of the molecule is CCOCc1ccccc1CNC(=O)[C@H]1CNC[C@@H]1c1cnn(C)c1.Cl. The first-order valence-electron chi connectivity index (χ1n) is 8.80. The van der Waals surface area contributed by atoms with Gasteiger partial charge in [0.25, 0.3) is 0 Å². The topological polar surface area (TPSA) is 68.2 Å². The highest BCUT2D eigenvalue weighted by Gasteiger charge is 2.34. The Bertz CT molecular complexity index is 719. The molecule has 7 heteroatoms. The van der Waals surface area contributed by atoms with E-state index in [4.69, 9.17) is 4.74 Å². The van der Waals surface area contributed by atoms with Gasteiger partial charge in [-0.25, -0.2) is 0 Å². The monoisotopic (exact) mass is 378 g/mol. The Morgan fingerprint density at radius 2 is 2.12 bits per heavy atom. The van der Waals surface area contributed by atoms with Crippen molar-refractivity contribution < 1.29 is 9.53 Å². The number of nitrogens with zero attached hydrogens (tertiary/aromatic N) is 2. The van der Waals surface area contributed by atoms with Gasteiger partial charge in [0.1, 0.15) is 0 Å². The summed E-state index contributed by atoms with van der Waals surface area (Å²) < 4.78 is 7.30. The van der Waals surface area contributed by atoms with E-state index in [1.807, 2.05) is 50.6 Å². The Kier molecular flexibility index (Phi) is 7.63. The molecule has 1 aromatic heterocycles. The molecule has 2 aromatic rings. The number of nitrogens with one attached hydrogen (secondary N) is 2. The highest BCUT2D eigenvalue weighted by molar-refractivity contribution is 5.85. The lowest BCUT2D eigenvalue weighted by molar-refractivity contribution is -0.125. The third kappa shape index (κ3) is 4.84. The number of carbonyl (C=O) groups excluding carboxylic acids is 1. The maximum atomic E-state index is 12.7. The van der Waals surface area contributed by atoms with Crippen molar-refractivity contribution in [3.05, 3.63) is 53.3 Å². The van der Waals surface area contributed by atoms with E-state index in [1.54, 1.807) is 4.68 Å². The summed E-state index contributed by atoms with van der Waals surface area (Å²) in [6, 6.07) is 8.08. The number of benzene rings is 1. The average molecular weight is 379 g/mol. The molecule has 0 radical (unpaired) electrons. The molecule has 1 aromatic carbocycles. The zero-order chi connectivity index (χ0) is 17.6. The highest BCUT2D eigenvalue weighted by atomic mass is 35.5. The van der Waals surface area contributed by atoms with Crippen molar-refractivity contribution >= 4 is 18.3 Å². The summed E-state index contributed by atoms with van der Waals surface area (Å²) in [7, 11) is 1.90. The predicted octanol–water partition coefficient (Wildman–Crippen LogP) is 2.00. The Morgan fingerprint density at radius 1 is 1.35 bits per heavy atom. The third-order valence-electron chi connectivity index (χ3n) is 4.74. The number of halogens is 1. The van der Waals surface area contributed by atoms with E-state index in [2.05, 4.69) is 15.7 Å². The average Bonchev–Trinajstić information content (AvgIpc) is 3.27. The van der Waals surface area contributed by atoms with Gasteiger partial charge in [0.05, 0.1) is 18.7 Å². The Morgan fingerprint density at radius 3 is 2.81 bits per heavy atom. The summed E-state index contributed by atoms with van der Waals surface area (Å²) in [5, 5.41) is 10.7. The summed E-state index contributed by atoms with van der Waals surface area (Å²) in [5.41, 5.74) is 3.34. The molecule has 1 amide bonds. The van der Waals surface area contributed by atoms with E-state index < -0.39 is 0 Å². The van der Waals surface area contributed by atoms with Gasteiger partial charge in [0, 0.05) is 45.4 Å². The molecule has 0 spiro atoms. The van der Waals surface area contributed by atoms with Crippen LogP contribution in [-0.2, 0) is 29.7 Å². The van der Waals surface area contributed by atoms with Crippen LogP contribution in [0.2, 0.25) is 0 Å². The third-order valence-corrected chi connectivity index (χ3v) is 4.74. The molecule has 3 rings (SSSR count). The van der Waals surface area contributed by atoms with Crippen molar-refractivity contribution in [3.63, 3.8) is 0 Å². The summed E-state index contributed by atoms with van der Waals surface area (Å²) in [4.78, 5) is 12.7. The predicted molar refractivity (Wildman–Crippen MR) is 103 cm³/mol. The van der Waals surface area contributed by atoms with Gasteiger partial charge >= 0.3 is 0 Å². The van der Waals surface area contributed by atoms with E-state index in [0.29, 0.717) is 26.3 Å². The molecular formula is C19H27ClN4O2. The molecule has 0 aliphatic carbocycles. The Hall–Kier alpha value is -1.89. The summed E-state index contributed by atoms with van der Waals surface area (Å²) in [6.45, 7) is 5.28. The largest absolute Gasteiger partial charge is 0.377 e. The van der Waals surface area contributed by atoms with Crippen LogP contribution >= 0.6 is 12.4 Å². The first-order chi connectivity index (χ1) is 12.2. The minimum Gasteiger partial charge on any atom is -0.377 e. The smallest absolute Gasteiger partial charge is 0.225 e. The molecule has 2 atom stereocenters. The zero-order valence-electron chi connectivity index (χ0n) is 15.3. The fourth-order valence-corrected chi connectivity index (χ4v) is 3.33. The number of amides is 1. The van der Waals surface area contributed by atoms with Crippen LogP contribution in [0.4, 0.5) is 0 Å². The Labute approximate surface area is 160 Å². The second-order valence-corrected chi connectivity index (χ2v) is 6.44. The van der Waals surface area contributed by atoms with Crippen LogP contribution in [0.1, 0.15) is 29.5 Å². The number of hydrogen-bond donors (Lipinski definition) is 2. The van der Waals surface area contributed by atoms with Crippen LogP contribution in [0.5, 0.6) is 0 Å². The quantitative estimate of drug-likeness (QED) is 0.773. The summed E-state index contributed by atoms with van der Waals surface area (Å²) in [6.07, 6.45) is 3.85. The molecule has 1 fully saturated rings. The van der Waals surface area contributed by atoms with Crippen molar-refractivity contribution in [2.24, 2.45) is 13.0 Å². The van der Waals surface area contributed by atoms with Gasteiger partial charge in [-0.15, -0.1) is 12.4 Å². The van der Waals surface area contributed by atoms with Crippen molar-refractivity contribution in [2.45, 2.75) is 26.0 Å². The van der Waals surface area contributed by atoms with Crippen molar-refractivity contribution in [3.8, 4) is 0 Å². The minimum absolute atomic E-state index is 0. The van der Waals surface area contributed by atoms with E-state index in [1.165, 1.54) is 0 Å². The van der Waals surface area contributed by atoms with E-state index in [0.717, 1.165) is 23.2 Å². The maximum absolute atomic E-state index is 12.7. The fourth-order valence-electron chi connectivity index (χ4n) is 3.33. The molecule has 0 unspecified atom stereocenters. The highest BCUT2D eigenvalue weighted by Crippen LogP contribution is 2.28. The molecule has 0 bridgehead atoms. The fraction of sp³-hybridized carbons (Fsp3) is 0.474. The van der Waals surface area contributed by atoms with Gasteiger partial charge in [-0.2, -0.15) is 5.10 Å². The van der Waals surface area contributed by atoms with Gasteiger partial charge in [-0.1, -0.05) is 24.3 Å². The lowest BCUT2D eigenvalue weighted by Crippen LogP contribution is -2.34. The number of ether oxygens (including phenoxy) is 1. The van der Waals surface area contributed by atoms with Crippen LogP contribution in [0.15, 0.2) is 36.7 Å². The number of aromatic nitrogens is 2. The molecule has 2 N–H and O–H groups in total. The van der Waals surface area contributed by atoms with Crippen LogP contribution in [0, 0.1) is 5.92 Å². The van der Waals surface area contributed by atoms with Crippen molar-refractivity contribution in [1.29, 1.82) is 0 Å². The molecule has 1 aliphatic rings. The van der Waals surface area contributed by atoms with Gasteiger partial charge < -0.3 is 15.4 Å². The maximum Gasteiger partial charge on any atom is 0.225 e. The van der Waals surface area contributed by atoms with E-state index in [-0.39, 0.29) is 30.2 Å². The molecule has 1 saturated heterocycles. The molecule has 6 nitrogen and oxygen atoms in total. The van der Waals surface area contributed by atoms with Gasteiger partial charge in [0.15, 0.2) is 0 Å². The zero-order valence-corrected chi connectivity index (χ0v) is 16.1. The Balaban J connectivity index is 0.00000243. The molecular weight excluding hydrogens is 352 g/mol. The summed E-state index contributed by atoms with van der Waals surface area (Å²) >= 11 is 0. The van der Waals surface area contributed by atoms with Crippen LogP contribution < -0.4 is 10.6 Å².